The van der Waals surface area contributed by atoms with Crippen LogP contribution >= 0.6 is 0 Å². The lowest BCUT2D eigenvalue weighted by molar-refractivity contribution is 0.176. The largest absolute Gasteiger partial charge is 0.312 e. The van der Waals surface area contributed by atoms with Gasteiger partial charge < -0.3 is 15.1 Å². The highest BCUT2D eigenvalue weighted by atomic mass is 15.3. The standard InChI is InChI=1S/C16H31N5/c1-5-8-17-15(12-14-7-11-21(4)18-14)16-13-19(2)9-6-10-20(16)3/h7,11,15-17H,5-6,8-10,12-13H2,1-4H3. The molecule has 0 bridgehead atoms. The molecule has 1 fully saturated rings. The van der Waals surface area contributed by atoms with E-state index in [9.17, 15) is 0 Å². The van der Waals surface area contributed by atoms with Gasteiger partial charge in [0.05, 0.1) is 5.69 Å². The Morgan fingerprint density at radius 2 is 2.14 bits per heavy atom. The summed E-state index contributed by atoms with van der Waals surface area (Å²) >= 11 is 0. The molecule has 1 aliphatic heterocycles. The van der Waals surface area contributed by atoms with Crippen LogP contribution in [-0.4, -0.2) is 71.9 Å². The van der Waals surface area contributed by atoms with Crippen LogP contribution in [0.1, 0.15) is 25.5 Å². The molecule has 1 N–H and O–H groups in total. The SMILES string of the molecule is CCCNC(Cc1ccn(C)n1)C1CN(C)CCCN1C. The van der Waals surface area contributed by atoms with Crippen LogP contribution in [0.25, 0.3) is 0 Å². The molecule has 0 aromatic carbocycles. The number of aryl methyl sites for hydroxylation is 1. The monoisotopic (exact) mass is 293 g/mol. The topological polar surface area (TPSA) is 36.3 Å². The van der Waals surface area contributed by atoms with Crippen LogP contribution in [0, 0.1) is 0 Å². The lowest BCUT2D eigenvalue weighted by Crippen LogP contribution is -2.53. The molecule has 0 amide bonds. The van der Waals surface area contributed by atoms with Crippen LogP contribution in [-0.2, 0) is 13.5 Å². The van der Waals surface area contributed by atoms with Crippen molar-refractivity contribution in [1.29, 1.82) is 0 Å². The highest BCUT2D eigenvalue weighted by molar-refractivity contribution is 5.04. The molecule has 5 heteroatoms. The minimum absolute atomic E-state index is 0.463. The van der Waals surface area contributed by atoms with Crippen LogP contribution in [0.2, 0.25) is 0 Å². The van der Waals surface area contributed by atoms with E-state index in [0.717, 1.165) is 19.5 Å². The van der Waals surface area contributed by atoms with Gasteiger partial charge in [0, 0.05) is 38.3 Å². The molecule has 0 radical (unpaired) electrons. The summed E-state index contributed by atoms with van der Waals surface area (Å²) in [4.78, 5) is 4.99. The summed E-state index contributed by atoms with van der Waals surface area (Å²) in [6, 6.07) is 3.15. The predicted molar refractivity (Wildman–Crippen MR) is 87.5 cm³/mol. The van der Waals surface area contributed by atoms with E-state index in [1.807, 2.05) is 17.9 Å². The molecular formula is C16H31N5. The maximum atomic E-state index is 4.57. The molecule has 1 saturated heterocycles. The Bertz CT molecular complexity index is 417. The average Bonchev–Trinajstić information content (AvgIpc) is 2.78. The lowest BCUT2D eigenvalue weighted by Gasteiger charge is -2.35. The summed E-state index contributed by atoms with van der Waals surface area (Å²) in [7, 11) is 6.50. The molecule has 0 aliphatic carbocycles. The molecule has 0 spiro atoms. The Hall–Kier alpha value is -0.910. The van der Waals surface area contributed by atoms with E-state index < -0.39 is 0 Å². The van der Waals surface area contributed by atoms with Gasteiger partial charge in [-0.1, -0.05) is 6.92 Å². The Labute approximate surface area is 129 Å². The van der Waals surface area contributed by atoms with Gasteiger partial charge in [0.1, 0.15) is 0 Å². The van der Waals surface area contributed by atoms with Crippen LogP contribution in [0.15, 0.2) is 12.3 Å². The number of likely N-dealkylation sites (N-methyl/N-ethyl adjacent to an activating group) is 2. The van der Waals surface area contributed by atoms with Gasteiger partial charge in [0.25, 0.3) is 0 Å². The maximum Gasteiger partial charge on any atom is 0.0640 e. The van der Waals surface area contributed by atoms with Crippen molar-refractivity contribution in [3.63, 3.8) is 0 Å². The molecule has 1 aromatic rings. The summed E-state index contributed by atoms with van der Waals surface area (Å²) in [5.74, 6) is 0. The van der Waals surface area contributed by atoms with Crippen molar-refractivity contribution in [2.24, 2.45) is 7.05 Å². The van der Waals surface area contributed by atoms with Crippen molar-refractivity contribution in [3.05, 3.63) is 18.0 Å². The Morgan fingerprint density at radius 3 is 2.81 bits per heavy atom. The molecule has 2 unspecified atom stereocenters. The molecule has 2 atom stereocenters. The van der Waals surface area contributed by atoms with Crippen LogP contribution in [0.5, 0.6) is 0 Å². The van der Waals surface area contributed by atoms with E-state index >= 15 is 0 Å². The minimum atomic E-state index is 0.463. The van der Waals surface area contributed by atoms with Gasteiger partial charge in [0.15, 0.2) is 0 Å². The zero-order chi connectivity index (χ0) is 15.2. The minimum Gasteiger partial charge on any atom is -0.312 e. The number of nitrogens with zero attached hydrogens (tertiary/aromatic N) is 4. The van der Waals surface area contributed by atoms with Crippen molar-refractivity contribution in [2.45, 2.75) is 38.3 Å². The van der Waals surface area contributed by atoms with Gasteiger partial charge in [-0.2, -0.15) is 5.10 Å². The van der Waals surface area contributed by atoms with E-state index in [1.54, 1.807) is 0 Å². The van der Waals surface area contributed by atoms with Crippen LogP contribution in [0.4, 0.5) is 0 Å². The van der Waals surface area contributed by atoms with Crippen molar-refractivity contribution in [3.8, 4) is 0 Å². The smallest absolute Gasteiger partial charge is 0.0640 e. The van der Waals surface area contributed by atoms with E-state index in [2.05, 4.69) is 47.3 Å². The quantitative estimate of drug-likeness (QED) is 0.848. The number of aromatic nitrogens is 2. The second-order valence-electron chi connectivity index (χ2n) is 6.41. The lowest BCUT2D eigenvalue weighted by atomic mass is 10.0. The summed E-state index contributed by atoms with van der Waals surface area (Å²) in [6.45, 7) is 6.82. The first kappa shape index (κ1) is 16.5. The van der Waals surface area contributed by atoms with Crippen LogP contribution in [0.3, 0.4) is 0 Å². The first-order valence-corrected chi connectivity index (χ1v) is 8.21. The fraction of sp³-hybridized carbons (Fsp3) is 0.812. The zero-order valence-electron chi connectivity index (χ0n) is 14.0. The second-order valence-corrected chi connectivity index (χ2v) is 6.41. The van der Waals surface area contributed by atoms with Crippen molar-refractivity contribution in [1.82, 2.24) is 24.9 Å². The molecule has 120 valence electrons. The van der Waals surface area contributed by atoms with Gasteiger partial charge in [-0.05, 0) is 52.6 Å². The molecule has 2 rings (SSSR count). The fourth-order valence-corrected chi connectivity index (χ4v) is 3.21. The molecule has 5 nitrogen and oxygen atoms in total. The molecule has 1 aliphatic rings. The first-order valence-electron chi connectivity index (χ1n) is 8.21. The average molecular weight is 293 g/mol. The van der Waals surface area contributed by atoms with Crippen molar-refractivity contribution in [2.75, 3.05) is 40.3 Å². The molecule has 21 heavy (non-hydrogen) atoms. The van der Waals surface area contributed by atoms with Gasteiger partial charge in [-0.25, -0.2) is 0 Å². The van der Waals surface area contributed by atoms with Gasteiger partial charge in [0.2, 0.25) is 0 Å². The third-order valence-corrected chi connectivity index (χ3v) is 4.43. The molecular weight excluding hydrogens is 262 g/mol. The summed E-state index contributed by atoms with van der Waals surface area (Å²) < 4.78 is 1.90. The van der Waals surface area contributed by atoms with E-state index in [0.29, 0.717) is 12.1 Å². The van der Waals surface area contributed by atoms with E-state index in [4.69, 9.17) is 0 Å². The zero-order valence-corrected chi connectivity index (χ0v) is 14.0. The summed E-state index contributed by atoms with van der Waals surface area (Å²) in [5.41, 5.74) is 1.19. The number of nitrogens with one attached hydrogen (secondary N) is 1. The fourth-order valence-electron chi connectivity index (χ4n) is 3.21. The summed E-state index contributed by atoms with van der Waals surface area (Å²) in [5, 5.41) is 8.32. The third-order valence-electron chi connectivity index (χ3n) is 4.43. The van der Waals surface area contributed by atoms with Crippen LogP contribution < -0.4 is 5.32 Å². The van der Waals surface area contributed by atoms with Gasteiger partial charge in [-0.3, -0.25) is 4.68 Å². The number of rotatable bonds is 6. The third kappa shape index (κ3) is 4.80. The summed E-state index contributed by atoms with van der Waals surface area (Å²) in [6.07, 6.45) is 5.47. The van der Waals surface area contributed by atoms with Gasteiger partial charge >= 0.3 is 0 Å². The number of hydrogen-bond acceptors (Lipinski definition) is 4. The maximum absolute atomic E-state index is 4.57. The Balaban J connectivity index is 2.08. The Morgan fingerprint density at radius 1 is 1.33 bits per heavy atom. The molecule has 1 aromatic heterocycles. The van der Waals surface area contributed by atoms with Crippen molar-refractivity contribution < 1.29 is 0 Å². The predicted octanol–water partition coefficient (Wildman–Crippen LogP) is 0.967. The first-order chi connectivity index (χ1) is 10.1. The van der Waals surface area contributed by atoms with E-state index in [1.165, 1.54) is 31.6 Å². The van der Waals surface area contributed by atoms with Crippen molar-refractivity contribution >= 4 is 0 Å². The van der Waals surface area contributed by atoms with E-state index in [-0.39, 0.29) is 0 Å². The Kier molecular flexibility index (Phi) is 6.21. The molecule has 2 heterocycles. The highest BCUT2D eigenvalue weighted by Crippen LogP contribution is 2.14. The number of hydrogen-bond donors (Lipinski definition) is 1. The van der Waals surface area contributed by atoms with Gasteiger partial charge in [-0.15, -0.1) is 0 Å². The molecule has 0 saturated carbocycles. The highest BCUT2D eigenvalue weighted by Gasteiger charge is 2.28. The normalized spacial score (nSPS) is 23.1. The second kappa shape index (κ2) is 7.92.